The second-order valence-corrected chi connectivity index (χ2v) is 4.34. The fraction of sp³-hybridized carbons (Fsp3) is 0.0769. The summed E-state index contributed by atoms with van der Waals surface area (Å²) in [6.45, 7) is -0.104. The number of ether oxygens (including phenoxy) is 1. The summed E-state index contributed by atoms with van der Waals surface area (Å²) in [5.74, 6) is 1.14. The third-order valence-electron chi connectivity index (χ3n) is 2.22. The zero-order valence-electron chi connectivity index (χ0n) is 8.86. The summed E-state index contributed by atoms with van der Waals surface area (Å²) in [5.41, 5.74) is 0.675. The molecule has 0 spiro atoms. The number of hydrogen-bond acceptors (Lipinski definition) is 2. The van der Waals surface area contributed by atoms with Gasteiger partial charge in [-0.25, -0.2) is 0 Å². The molecule has 2 aromatic carbocycles. The third kappa shape index (κ3) is 3.13. The molecule has 17 heavy (non-hydrogen) atoms. The average Bonchev–Trinajstić information content (AvgIpc) is 2.29. The lowest BCUT2D eigenvalue weighted by Crippen LogP contribution is -1.91. The summed E-state index contributed by atoms with van der Waals surface area (Å²) in [4.78, 5) is 0. The second-order valence-electron chi connectivity index (χ2n) is 3.47. The van der Waals surface area contributed by atoms with Gasteiger partial charge in [0.1, 0.15) is 11.5 Å². The Morgan fingerprint density at radius 1 is 1.00 bits per heavy atom. The van der Waals surface area contributed by atoms with Crippen LogP contribution in [0.2, 0.25) is 10.0 Å². The molecule has 0 saturated carbocycles. The maximum atomic E-state index is 9.19. The Bertz CT molecular complexity index is 527. The molecule has 1 N–H and O–H groups in total. The lowest BCUT2D eigenvalue weighted by molar-refractivity contribution is 0.276. The Morgan fingerprint density at radius 3 is 2.47 bits per heavy atom. The Morgan fingerprint density at radius 2 is 1.76 bits per heavy atom. The number of aliphatic hydroxyl groups is 1. The molecule has 4 heteroatoms. The van der Waals surface area contributed by atoms with Gasteiger partial charge in [-0.3, -0.25) is 0 Å². The van der Waals surface area contributed by atoms with Crippen molar-refractivity contribution >= 4 is 23.2 Å². The summed E-state index contributed by atoms with van der Waals surface area (Å²) in [6, 6.07) is 12.1. The number of hydrogen-bond donors (Lipinski definition) is 1. The van der Waals surface area contributed by atoms with E-state index < -0.39 is 0 Å². The maximum absolute atomic E-state index is 9.19. The van der Waals surface area contributed by atoms with Gasteiger partial charge in [-0.05, 0) is 30.3 Å². The first-order valence-electron chi connectivity index (χ1n) is 5.02. The van der Waals surface area contributed by atoms with Gasteiger partial charge in [0, 0.05) is 15.6 Å². The molecule has 0 aliphatic heterocycles. The van der Waals surface area contributed by atoms with E-state index in [0.29, 0.717) is 27.1 Å². The predicted octanol–water partition coefficient (Wildman–Crippen LogP) is 4.28. The van der Waals surface area contributed by atoms with Gasteiger partial charge >= 0.3 is 0 Å². The standard InChI is InChI=1S/C13H10Cl2O2/c14-10-2-1-3-12(6-10)17-13-7-11(15)5-4-9(13)8-16/h1-7,16H,8H2. The van der Waals surface area contributed by atoms with Crippen LogP contribution < -0.4 is 4.74 Å². The van der Waals surface area contributed by atoms with Crippen molar-refractivity contribution in [2.24, 2.45) is 0 Å². The molecular formula is C13H10Cl2O2. The molecule has 0 radical (unpaired) electrons. The number of rotatable bonds is 3. The summed E-state index contributed by atoms with van der Waals surface area (Å²) in [6.07, 6.45) is 0. The van der Waals surface area contributed by atoms with Crippen LogP contribution in [-0.2, 0) is 6.61 Å². The van der Waals surface area contributed by atoms with E-state index in [1.54, 1.807) is 42.5 Å². The molecule has 2 nitrogen and oxygen atoms in total. The quantitative estimate of drug-likeness (QED) is 0.901. The third-order valence-corrected chi connectivity index (χ3v) is 2.69. The molecule has 2 rings (SSSR count). The minimum atomic E-state index is -0.104. The summed E-state index contributed by atoms with van der Waals surface area (Å²) < 4.78 is 5.63. The lowest BCUT2D eigenvalue weighted by Gasteiger charge is -2.10. The van der Waals surface area contributed by atoms with Gasteiger partial charge in [-0.2, -0.15) is 0 Å². The zero-order chi connectivity index (χ0) is 12.3. The molecule has 88 valence electrons. The van der Waals surface area contributed by atoms with Crippen LogP contribution in [0.4, 0.5) is 0 Å². The molecule has 0 saturated heterocycles. The van der Waals surface area contributed by atoms with E-state index >= 15 is 0 Å². The van der Waals surface area contributed by atoms with Crippen molar-refractivity contribution in [1.82, 2.24) is 0 Å². The molecule has 0 aliphatic rings. The molecule has 0 heterocycles. The highest BCUT2D eigenvalue weighted by atomic mass is 35.5. The number of halogens is 2. The maximum Gasteiger partial charge on any atom is 0.134 e. The highest BCUT2D eigenvalue weighted by Gasteiger charge is 2.05. The van der Waals surface area contributed by atoms with Gasteiger partial charge in [0.15, 0.2) is 0 Å². The Hall–Kier alpha value is -1.22. The van der Waals surface area contributed by atoms with Crippen molar-refractivity contribution in [1.29, 1.82) is 0 Å². The average molecular weight is 269 g/mol. The molecule has 0 bridgehead atoms. The van der Waals surface area contributed by atoms with E-state index in [1.807, 2.05) is 0 Å². The van der Waals surface area contributed by atoms with E-state index in [-0.39, 0.29) is 6.61 Å². The van der Waals surface area contributed by atoms with Crippen LogP contribution in [0, 0.1) is 0 Å². The molecule has 0 atom stereocenters. The smallest absolute Gasteiger partial charge is 0.134 e. The minimum absolute atomic E-state index is 0.104. The van der Waals surface area contributed by atoms with Gasteiger partial charge in [0.25, 0.3) is 0 Å². The summed E-state index contributed by atoms with van der Waals surface area (Å²) >= 11 is 11.7. The Labute approximate surface area is 109 Å². The monoisotopic (exact) mass is 268 g/mol. The highest BCUT2D eigenvalue weighted by Crippen LogP contribution is 2.29. The van der Waals surface area contributed by atoms with E-state index in [0.717, 1.165) is 0 Å². The van der Waals surface area contributed by atoms with Gasteiger partial charge in [0.2, 0.25) is 0 Å². The fourth-order valence-corrected chi connectivity index (χ4v) is 1.75. The Kier molecular flexibility index (Phi) is 3.89. The van der Waals surface area contributed by atoms with Crippen LogP contribution in [0.1, 0.15) is 5.56 Å². The van der Waals surface area contributed by atoms with Gasteiger partial charge in [-0.1, -0.05) is 35.3 Å². The summed E-state index contributed by atoms with van der Waals surface area (Å²) in [5, 5.41) is 10.3. The van der Waals surface area contributed by atoms with Crippen molar-refractivity contribution in [2.45, 2.75) is 6.61 Å². The minimum Gasteiger partial charge on any atom is -0.457 e. The first-order valence-corrected chi connectivity index (χ1v) is 5.77. The van der Waals surface area contributed by atoms with Crippen LogP contribution in [0.5, 0.6) is 11.5 Å². The fourth-order valence-electron chi connectivity index (χ4n) is 1.41. The van der Waals surface area contributed by atoms with Crippen LogP contribution in [0.15, 0.2) is 42.5 Å². The van der Waals surface area contributed by atoms with E-state index in [2.05, 4.69) is 0 Å². The topological polar surface area (TPSA) is 29.5 Å². The van der Waals surface area contributed by atoms with Crippen molar-refractivity contribution in [3.8, 4) is 11.5 Å². The van der Waals surface area contributed by atoms with Crippen molar-refractivity contribution in [3.63, 3.8) is 0 Å². The largest absolute Gasteiger partial charge is 0.457 e. The SMILES string of the molecule is OCc1ccc(Cl)cc1Oc1cccc(Cl)c1. The zero-order valence-corrected chi connectivity index (χ0v) is 10.4. The predicted molar refractivity (Wildman–Crippen MR) is 68.9 cm³/mol. The molecule has 0 unspecified atom stereocenters. The van der Waals surface area contributed by atoms with Crippen molar-refractivity contribution < 1.29 is 9.84 Å². The van der Waals surface area contributed by atoms with Gasteiger partial charge in [-0.15, -0.1) is 0 Å². The van der Waals surface area contributed by atoms with Crippen LogP contribution in [-0.4, -0.2) is 5.11 Å². The van der Waals surface area contributed by atoms with Crippen molar-refractivity contribution in [2.75, 3.05) is 0 Å². The van der Waals surface area contributed by atoms with E-state index in [1.165, 1.54) is 0 Å². The summed E-state index contributed by atoms with van der Waals surface area (Å²) in [7, 11) is 0. The molecule has 0 fully saturated rings. The van der Waals surface area contributed by atoms with Crippen LogP contribution in [0.25, 0.3) is 0 Å². The first kappa shape index (κ1) is 12.2. The number of benzene rings is 2. The van der Waals surface area contributed by atoms with Gasteiger partial charge in [0.05, 0.1) is 6.61 Å². The second kappa shape index (κ2) is 5.41. The normalized spacial score (nSPS) is 10.3. The van der Waals surface area contributed by atoms with Crippen LogP contribution >= 0.6 is 23.2 Å². The molecule has 0 amide bonds. The molecular weight excluding hydrogens is 259 g/mol. The van der Waals surface area contributed by atoms with E-state index in [9.17, 15) is 5.11 Å². The van der Waals surface area contributed by atoms with E-state index in [4.69, 9.17) is 27.9 Å². The molecule has 0 aliphatic carbocycles. The van der Waals surface area contributed by atoms with Crippen molar-refractivity contribution in [3.05, 3.63) is 58.1 Å². The van der Waals surface area contributed by atoms with Gasteiger partial charge < -0.3 is 9.84 Å². The molecule has 0 aromatic heterocycles. The highest BCUT2D eigenvalue weighted by molar-refractivity contribution is 6.31. The Balaban J connectivity index is 2.32. The number of aliphatic hydroxyl groups excluding tert-OH is 1. The first-order chi connectivity index (χ1) is 8.19. The molecule has 2 aromatic rings. The lowest BCUT2D eigenvalue weighted by atomic mass is 10.2. The van der Waals surface area contributed by atoms with Crippen LogP contribution in [0.3, 0.4) is 0 Å².